The van der Waals surface area contributed by atoms with Crippen LogP contribution in [0.3, 0.4) is 0 Å². The summed E-state index contributed by atoms with van der Waals surface area (Å²) in [4.78, 5) is 12.4. The summed E-state index contributed by atoms with van der Waals surface area (Å²) in [6.45, 7) is 2.25. The van der Waals surface area contributed by atoms with Crippen LogP contribution in [-0.4, -0.2) is 5.97 Å². The van der Waals surface area contributed by atoms with E-state index in [0.717, 1.165) is 17.5 Å². The summed E-state index contributed by atoms with van der Waals surface area (Å²) in [7, 11) is 0. The summed E-state index contributed by atoms with van der Waals surface area (Å²) in [5, 5.41) is 8.85. The number of esters is 1. The quantitative estimate of drug-likeness (QED) is 0.256. The van der Waals surface area contributed by atoms with E-state index in [-0.39, 0.29) is 0 Å². The maximum absolute atomic E-state index is 12.4. The highest BCUT2D eigenvalue weighted by atomic mass is 16.5. The molecule has 1 atom stereocenters. The molecule has 0 amide bonds. The number of nitrogens with zero attached hydrogens (tertiary/aromatic N) is 1. The van der Waals surface area contributed by atoms with Gasteiger partial charge in [-0.3, -0.25) is 0 Å². The van der Waals surface area contributed by atoms with Crippen molar-refractivity contribution in [1.29, 1.82) is 5.26 Å². The minimum atomic E-state index is -0.425. The van der Waals surface area contributed by atoms with Crippen LogP contribution < -0.4 is 4.74 Å². The molecule has 0 heterocycles. The fraction of sp³-hybridized carbons (Fsp3) is 0.103. The van der Waals surface area contributed by atoms with Crippen molar-refractivity contribution < 1.29 is 9.53 Å². The fourth-order valence-electron chi connectivity index (χ4n) is 3.65. The molecule has 0 aliphatic rings. The van der Waals surface area contributed by atoms with Gasteiger partial charge in [0.15, 0.2) is 0 Å². The first-order chi connectivity index (χ1) is 15.6. The van der Waals surface area contributed by atoms with Crippen LogP contribution in [0.1, 0.15) is 39.9 Å². The Labute approximate surface area is 188 Å². The first-order valence-electron chi connectivity index (χ1n) is 10.6. The van der Waals surface area contributed by atoms with Gasteiger partial charge in [0.05, 0.1) is 17.2 Å². The molecule has 0 aliphatic heterocycles. The van der Waals surface area contributed by atoms with E-state index in [9.17, 15) is 4.79 Å². The molecule has 0 aliphatic carbocycles. The summed E-state index contributed by atoms with van der Waals surface area (Å²) in [5.74, 6) is 0.452. The summed E-state index contributed by atoms with van der Waals surface area (Å²) in [5.41, 5.74) is 5.80. The van der Waals surface area contributed by atoms with Gasteiger partial charge in [-0.2, -0.15) is 5.26 Å². The van der Waals surface area contributed by atoms with Gasteiger partial charge in [-0.15, -0.1) is 0 Å². The van der Waals surface area contributed by atoms with Crippen LogP contribution in [0.2, 0.25) is 0 Å². The van der Waals surface area contributed by atoms with Gasteiger partial charge < -0.3 is 4.74 Å². The Balaban J connectivity index is 1.40. The average molecular weight is 418 g/mol. The average Bonchev–Trinajstić information content (AvgIpc) is 2.85. The lowest BCUT2D eigenvalue weighted by atomic mass is 9.93. The molecule has 0 N–H and O–H groups in total. The maximum Gasteiger partial charge on any atom is 0.343 e. The van der Waals surface area contributed by atoms with E-state index in [1.165, 1.54) is 11.1 Å². The van der Waals surface area contributed by atoms with Crippen LogP contribution in [0.5, 0.6) is 5.75 Å². The molecular formula is C29H23NO2. The zero-order chi connectivity index (χ0) is 22.3. The third-order valence-electron chi connectivity index (χ3n) is 5.51. The van der Waals surface area contributed by atoms with E-state index in [1.54, 1.807) is 36.4 Å². The molecule has 0 aromatic heterocycles. The molecule has 0 radical (unpaired) electrons. The number of nitriles is 1. The van der Waals surface area contributed by atoms with Crippen molar-refractivity contribution >= 4 is 5.97 Å². The van der Waals surface area contributed by atoms with Crippen molar-refractivity contribution in [3.05, 3.63) is 125 Å². The lowest BCUT2D eigenvalue weighted by Gasteiger charge is -2.12. The van der Waals surface area contributed by atoms with Crippen molar-refractivity contribution in [3.63, 3.8) is 0 Å². The normalized spacial score (nSPS) is 11.4. The first kappa shape index (κ1) is 21.1. The second kappa shape index (κ2) is 9.76. The molecule has 0 bridgehead atoms. The molecule has 0 spiro atoms. The second-order valence-electron chi connectivity index (χ2n) is 7.82. The molecule has 4 aromatic carbocycles. The topological polar surface area (TPSA) is 50.1 Å². The molecule has 0 saturated carbocycles. The second-order valence-corrected chi connectivity index (χ2v) is 7.82. The Morgan fingerprint density at radius 3 is 2.00 bits per heavy atom. The van der Waals surface area contributed by atoms with Gasteiger partial charge in [-0.05, 0) is 71.0 Å². The number of carbonyl (C=O) groups is 1. The van der Waals surface area contributed by atoms with Crippen molar-refractivity contribution in [3.8, 4) is 22.9 Å². The first-order valence-corrected chi connectivity index (χ1v) is 10.6. The Morgan fingerprint density at radius 1 is 0.812 bits per heavy atom. The SMILES string of the molecule is C[C@H](Cc1ccc(-c2ccc(C(=O)Oc3ccc(C#N)cc3)cc2)cc1)c1ccccc1. The van der Waals surface area contributed by atoms with Gasteiger partial charge in [0.2, 0.25) is 0 Å². The highest BCUT2D eigenvalue weighted by molar-refractivity contribution is 5.91. The summed E-state index contributed by atoms with van der Waals surface area (Å²) < 4.78 is 5.39. The van der Waals surface area contributed by atoms with Gasteiger partial charge in [-0.25, -0.2) is 4.79 Å². The van der Waals surface area contributed by atoms with E-state index < -0.39 is 5.97 Å². The van der Waals surface area contributed by atoms with E-state index in [0.29, 0.717) is 22.8 Å². The maximum atomic E-state index is 12.4. The zero-order valence-corrected chi connectivity index (χ0v) is 17.9. The molecule has 4 aromatic rings. The van der Waals surface area contributed by atoms with Crippen LogP contribution in [-0.2, 0) is 6.42 Å². The highest BCUT2D eigenvalue weighted by Crippen LogP contribution is 2.24. The summed E-state index contributed by atoms with van der Waals surface area (Å²) in [6, 6.07) is 35.0. The predicted octanol–water partition coefficient (Wildman–Crippen LogP) is 6.79. The largest absolute Gasteiger partial charge is 0.423 e. The number of carbonyl (C=O) groups excluding carboxylic acids is 1. The molecule has 0 unspecified atom stereocenters. The fourth-order valence-corrected chi connectivity index (χ4v) is 3.65. The number of rotatable bonds is 6. The molecular weight excluding hydrogens is 394 g/mol. The van der Waals surface area contributed by atoms with Crippen molar-refractivity contribution in [2.75, 3.05) is 0 Å². The van der Waals surface area contributed by atoms with Crippen molar-refractivity contribution in [2.24, 2.45) is 0 Å². The minimum absolute atomic E-state index is 0.415. The van der Waals surface area contributed by atoms with Crippen LogP contribution in [0.4, 0.5) is 0 Å². The minimum Gasteiger partial charge on any atom is -0.423 e. The van der Waals surface area contributed by atoms with Crippen molar-refractivity contribution in [1.82, 2.24) is 0 Å². The molecule has 0 saturated heterocycles. The molecule has 0 fully saturated rings. The van der Waals surface area contributed by atoms with Crippen LogP contribution in [0.25, 0.3) is 11.1 Å². The van der Waals surface area contributed by atoms with E-state index in [2.05, 4.69) is 55.5 Å². The number of benzene rings is 4. The lowest BCUT2D eigenvalue weighted by molar-refractivity contribution is 0.0735. The summed E-state index contributed by atoms with van der Waals surface area (Å²) in [6.07, 6.45) is 0.990. The van der Waals surface area contributed by atoms with Gasteiger partial charge in [-0.1, -0.05) is 73.7 Å². The number of hydrogen-bond donors (Lipinski definition) is 0. The van der Waals surface area contributed by atoms with Crippen LogP contribution in [0.15, 0.2) is 103 Å². The van der Waals surface area contributed by atoms with E-state index >= 15 is 0 Å². The van der Waals surface area contributed by atoms with Gasteiger partial charge in [0, 0.05) is 0 Å². The van der Waals surface area contributed by atoms with Crippen molar-refractivity contribution in [2.45, 2.75) is 19.3 Å². The molecule has 156 valence electrons. The zero-order valence-electron chi connectivity index (χ0n) is 17.9. The Hall–Kier alpha value is -4.16. The third kappa shape index (κ3) is 5.11. The molecule has 3 nitrogen and oxygen atoms in total. The molecule has 4 rings (SSSR count). The smallest absolute Gasteiger partial charge is 0.343 e. The Kier molecular flexibility index (Phi) is 6.43. The van der Waals surface area contributed by atoms with Crippen LogP contribution >= 0.6 is 0 Å². The Morgan fingerprint density at radius 2 is 1.41 bits per heavy atom. The third-order valence-corrected chi connectivity index (χ3v) is 5.51. The van der Waals surface area contributed by atoms with Gasteiger partial charge in [0.25, 0.3) is 0 Å². The lowest BCUT2D eigenvalue weighted by Crippen LogP contribution is -2.08. The van der Waals surface area contributed by atoms with E-state index in [4.69, 9.17) is 10.00 Å². The summed E-state index contributed by atoms with van der Waals surface area (Å²) >= 11 is 0. The van der Waals surface area contributed by atoms with Crippen LogP contribution in [0, 0.1) is 11.3 Å². The van der Waals surface area contributed by atoms with Gasteiger partial charge >= 0.3 is 5.97 Å². The molecule has 32 heavy (non-hydrogen) atoms. The number of hydrogen-bond acceptors (Lipinski definition) is 3. The predicted molar refractivity (Wildman–Crippen MR) is 127 cm³/mol. The van der Waals surface area contributed by atoms with E-state index in [1.807, 2.05) is 24.3 Å². The molecule has 3 heteroatoms. The highest BCUT2D eigenvalue weighted by Gasteiger charge is 2.10. The standard InChI is InChI=1S/C29H23NO2/c1-21(24-5-3-2-4-6-24)19-22-7-11-25(12-8-22)26-13-15-27(16-14-26)29(31)32-28-17-9-23(20-30)10-18-28/h2-18,21H,19H2,1H3/t21-/m1/s1. The number of ether oxygens (including phenoxy) is 1. The Bertz CT molecular complexity index is 1220. The van der Waals surface area contributed by atoms with Gasteiger partial charge in [0.1, 0.15) is 5.75 Å². The monoisotopic (exact) mass is 417 g/mol.